The van der Waals surface area contributed by atoms with Crippen LogP contribution in [0.4, 0.5) is 4.79 Å². The van der Waals surface area contributed by atoms with E-state index in [4.69, 9.17) is 10.5 Å². The van der Waals surface area contributed by atoms with Gasteiger partial charge in [-0.2, -0.15) is 0 Å². The van der Waals surface area contributed by atoms with Crippen LogP contribution in [0.15, 0.2) is 0 Å². The number of piperidine rings is 1. The number of ether oxygens (including phenoxy) is 1. The summed E-state index contributed by atoms with van der Waals surface area (Å²) in [6, 6.07) is -1.20. The van der Waals surface area contributed by atoms with Crippen LogP contribution in [0.1, 0.15) is 26.7 Å². The van der Waals surface area contributed by atoms with Gasteiger partial charge in [-0.3, -0.25) is 4.79 Å². The first-order chi connectivity index (χ1) is 8.95. The van der Waals surface area contributed by atoms with Crippen molar-refractivity contribution >= 4 is 17.9 Å². The van der Waals surface area contributed by atoms with Crippen LogP contribution in [-0.2, 0) is 14.3 Å². The maximum Gasteiger partial charge on any atom is 0.328 e. The van der Waals surface area contributed by atoms with E-state index >= 15 is 0 Å². The second-order valence-corrected chi connectivity index (χ2v) is 4.61. The lowest BCUT2D eigenvalue weighted by Gasteiger charge is -2.31. The van der Waals surface area contributed by atoms with Crippen LogP contribution in [0, 0.1) is 5.92 Å². The lowest BCUT2D eigenvalue weighted by Crippen LogP contribution is -2.50. The van der Waals surface area contributed by atoms with Crippen molar-refractivity contribution in [3.63, 3.8) is 0 Å². The number of likely N-dealkylation sites (tertiary alicyclic amines) is 1. The molecule has 7 nitrogen and oxygen atoms in total. The average Bonchev–Trinajstić information content (AvgIpc) is 2.39. The van der Waals surface area contributed by atoms with Gasteiger partial charge in [0.1, 0.15) is 6.04 Å². The smallest absolute Gasteiger partial charge is 0.328 e. The molecule has 1 heterocycles. The molecule has 1 aliphatic rings. The summed E-state index contributed by atoms with van der Waals surface area (Å²) in [6.07, 6.45) is 1.42. The molecule has 1 aliphatic heterocycles. The molecular weight excluding hydrogens is 250 g/mol. The van der Waals surface area contributed by atoms with Gasteiger partial charge >= 0.3 is 12.0 Å². The van der Waals surface area contributed by atoms with E-state index < -0.39 is 18.0 Å². The number of primary amides is 1. The number of carbonyl (C=O) groups excluding carboxylic acids is 3. The van der Waals surface area contributed by atoms with Crippen LogP contribution < -0.4 is 11.1 Å². The highest BCUT2D eigenvalue weighted by Gasteiger charge is 2.29. The highest BCUT2D eigenvalue weighted by atomic mass is 16.5. The molecule has 0 aromatic heterocycles. The van der Waals surface area contributed by atoms with Crippen molar-refractivity contribution in [3.8, 4) is 0 Å². The number of nitrogens with two attached hydrogens (primary N) is 1. The highest BCUT2D eigenvalue weighted by Crippen LogP contribution is 2.16. The fourth-order valence-electron chi connectivity index (χ4n) is 2.05. The van der Waals surface area contributed by atoms with Crippen molar-refractivity contribution < 1.29 is 19.1 Å². The van der Waals surface area contributed by atoms with Crippen LogP contribution in [0.25, 0.3) is 0 Å². The van der Waals surface area contributed by atoms with Gasteiger partial charge in [0, 0.05) is 13.1 Å². The van der Waals surface area contributed by atoms with Crippen molar-refractivity contribution in [2.24, 2.45) is 11.7 Å². The van der Waals surface area contributed by atoms with E-state index in [0.29, 0.717) is 19.5 Å². The van der Waals surface area contributed by atoms with Gasteiger partial charge in [0.05, 0.1) is 12.5 Å². The Hall–Kier alpha value is -1.79. The zero-order valence-corrected chi connectivity index (χ0v) is 11.3. The standard InChI is InChI=1S/C12H21N3O4/c1-3-19-11(17)8(2)14-10(16)9-5-4-6-15(7-9)12(13)18/h8-9H,3-7H2,1-2H3,(H2,13,18)(H,14,16). The van der Waals surface area contributed by atoms with Crippen molar-refractivity contribution in [1.29, 1.82) is 0 Å². The largest absolute Gasteiger partial charge is 0.464 e. The lowest BCUT2D eigenvalue weighted by atomic mass is 9.97. The van der Waals surface area contributed by atoms with E-state index in [1.807, 2.05) is 0 Å². The molecular formula is C12H21N3O4. The van der Waals surface area contributed by atoms with E-state index in [1.54, 1.807) is 13.8 Å². The summed E-state index contributed by atoms with van der Waals surface area (Å²) in [5, 5.41) is 2.60. The summed E-state index contributed by atoms with van der Waals surface area (Å²) >= 11 is 0. The van der Waals surface area contributed by atoms with Crippen molar-refractivity contribution in [3.05, 3.63) is 0 Å². The fraction of sp³-hybridized carbons (Fsp3) is 0.750. The van der Waals surface area contributed by atoms with Gasteiger partial charge in [0.25, 0.3) is 0 Å². The first-order valence-electron chi connectivity index (χ1n) is 6.47. The van der Waals surface area contributed by atoms with Gasteiger partial charge in [-0.05, 0) is 26.7 Å². The molecule has 0 radical (unpaired) electrons. The lowest BCUT2D eigenvalue weighted by molar-refractivity contribution is -0.147. The molecule has 0 aromatic carbocycles. The van der Waals surface area contributed by atoms with E-state index in [2.05, 4.69) is 5.32 Å². The van der Waals surface area contributed by atoms with Crippen molar-refractivity contribution in [2.75, 3.05) is 19.7 Å². The van der Waals surface area contributed by atoms with E-state index in [1.165, 1.54) is 4.90 Å². The zero-order chi connectivity index (χ0) is 14.4. The molecule has 2 unspecified atom stereocenters. The Labute approximate surface area is 112 Å². The van der Waals surface area contributed by atoms with Crippen molar-refractivity contribution in [2.45, 2.75) is 32.7 Å². The third-order valence-corrected chi connectivity index (χ3v) is 3.10. The Morgan fingerprint density at radius 1 is 1.47 bits per heavy atom. The number of hydrogen-bond acceptors (Lipinski definition) is 4. The summed E-state index contributed by atoms with van der Waals surface area (Å²) in [6.45, 7) is 4.43. The van der Waals surface area contributed by atoms with E-state index in [9.17, 15) is 14.4 Å². The van der Waals surface area contributed by atoms with Crippen LogP contribution in [0.5, 0.6) is 0 Å². The maximum atomic E-state index is 12.0. The Morgan fingerprint density at radius 3 is 2.74 bits per heavy atom. The topological polar surface area (TPSA) is 102 Å². The number of esters is 1. The Balaban J connectivity index is 2.48. The number of carbonyl (C=O) groups is 3. The number of rotatable bonds is 4. The molecule has 0 saturated carbocycles. The monoisotopic (exact) mass is 271 g/mol. The molecule has 0 bridgehead atoms. The molecule has 1 saturated heterocycles. The number of urea groups is 1. The number of nitrogens with one attached hydrogen (secondary N) is 1. The molecule has 108 valence electrons. The van der Waals surface area contributed by atoms with Gasteiger partial charge in [0.2, 0.25) is 5.91 Å². The predicted molar refractivity (Wildman–Crippen MR) is 68.1 cm³/mol. The molecule has 1 fully saturated rings. The number of hydrogen-bond donors (Lipinski definition) is 2. The van der Waals surface area contributed by atoms with Crippen LogP contribution in [0.2, 0.25) is 0 Å². The first kappa shape index (κ1) is 15.3. The highest BCUT2D eigenvalue weighted by molar-refractivity contribution is 5.86. The molecule has 0 aromatic rings. The van der Waals surface area contributed by atoms with Crippen LogP contribution >= 0.6 is 0 Å². The van der Waals surface area contributed by atoms with E-state index in [-0.39, 0.29) is 18.4 Å². The molecule has 19 heavy (non-hydrogen) atoms. The van der Waals surface area contributed by atoms with Gasteiger partial charge in [0.15, 0.2) is 0 Å². The first-order valence-corrected chi connectivity index (χ1v) is 6.47. The average molecular weight is 271 g/mol. The minimum Gasteiger partial charge on any atom is -0.464 e. The molecule has 0 aliphatic carbocycles. The number of amides is 3. The fourth-order valence-corrected chi connectivity index (χ4v) is 2.05. The van der Waals surface area contributed by atoms with Crippen molar-refractivity contribution in [1.82, 2.24) is 10.2 Å². The minimum atomic E-state index is -0.684. The second-order valence-electron chi connectivity index (χ2n) is 4.61. The summed E-state index contributed by atoms with van der Waals surface area (Å²) in [7, 11) is 0. The molecule has 7 heteroatoms. The Bertz CT molecular complexity index is 359. The van der Waals surface area contributed by atoms with Gasteiger partial charge in [-0.15, -0.1) is 0 Å². The van der Waals surface area contributed by atoms with Gasteiger partial charge in [-0.25, -0.2) is 9.59 Å². The summed E-state index contributed by atoms with van der Waals surface area (Å²) in [4.78, 5) is 35.9. The predicted octanol–water partition coefficient (Wildman–Crippen LogP) is -0.155. The molecule has 1 rings (SSSR count). The maximum absolute atomic E-state index is 12.0. The molecule has 3 amide bonds. The molecule has 2 atom stereocenters. The zero-order valence-electron chi connectivity index (χ0n) is 11.3. The second kappa shape index (κ2) is 6.96. The quantitative estimate of drug-likeness (QED) is 0.694. The summed E-state index contributed by atoms with van der Waals surface area (Å²) in [5.74, 6) is -1.02. The molecule has 0 spiro atoms. The normalized spacial score (nSPS) is 20.5. The minimum absolute atomic E-state index is 0.244. The Kier molecular flexibility index (Phi) is 5.59. The summed E-state index contributed by atoms with van der Waals surface area (Å²) in [5.41, 5.74) is 5.20. The SMILES string of the molecule is CCOC(=O)C(C)NC(=O)C1CCCN(C(N)=O)C1. The van der Waals surface area contributed by atoms with Gasteiger partial charge < -0.3 is 20.7 Å². The third kappa shape index (κ3) is 4.42. The number of nitrogens with zero attached hydrogens (tertiary/aromatic N) is 1. The van der Waals surface area contributed by atoms with E-state index in [0.717, 1.165) is 6.42 Å². The molecule has 3 N–H and O–H groups in total. The van der Waals surface area contributed by atoms with Crippen LogP contribution in [0.3, 0.4) is 0 Å². The van der Waals surface area contributed by atoms with Crippen LogP contribution in [-0.4, -0.2) is 48.5 Å². The Morgan fingerprint density at radius 2 is 2.16 bits per heavy atom. The third-order valence-electron chi connectivity index (χ3n) is 3.10. The van der Waals surface area contributed by atoms with Gasteiger partial charge in [-0.1, -0.05) is 0 Å². The summed E-state index contributed by atoms with van der Waals surface area (Å²) < 4.78 is 4.81.